The smallest absolute Gasteiger partial charge is 0.318 e. The van der Waals surface area contributed by atoms with Gasteiger partial charge in [0.1, 0.15) is 12.2 Å². The van der Waals surface area contributed by atoms with Gasteiger partial charge in [0.25, 0.3) is 0 Å². The molecule has 1 aromatic heterocycles. The molecule has 0 aliphatic heterocycles. The van der Waals surface area contributed by atoms with Gasteiger partial charge < -0.3 is 14.9 Å². The van der Waals surface area contributed by atoms with Crippen molar-refractivity contribution in [3.63, 3.8) is 0 Å². The van der Waals surface area contributed by atoms with Crippen molar-refractivity contribution in [3.05, 3.63) is 36.0 Å². The monoisotopic (exact) mass is 203 g/mol. The van der Waals surface area contributed by atoms with Gasteiger partial charge in [-0.3, -0.25) is 4.79 Å². The standard InChI is InChI=1S/C11H9NO3/c13-6-9(11(14)15)8-5-12-10-4-2-1-3-7(8)10/h1-6,9,12H,(H,14,15). The number of H-pyrrole nitrogens is 1. The molecule has 1 unspecified atom stereocenters. The van der Waals surface area contributed by atoms with Crippen molar-refractivity contribution in [2.24, 2.45) is 0 Å². The van der Waals surface area contributed by atoms with Crippen LogP contribution in [0, 0.1) is 0 Å². The zero-order valence-electron chi connectivity index (χ0n) is 7.81. The summed E-state index contributed by atoms with van der Waals surface area (Å²) in [6.07, 6.45) is 2.01. The molecule has 1 atom stereocenters. The number of benzene rings is 1. The van der Waals surface area contributed by atoms with Crippen LogP contribution in [0.4, 0.5) is 0 Å². The van der Waals surface area contributed by atoms with Gasteiger partial charge in [-0.15, -0.1) is 0 Å². The van der Waals surface area contributed by atoms with E-state index in [1.165, 1.54) is 0 Å². The van der Waals surface area contributed by atoms with Crippen molar-refractivity contribution in [2.45, 2.75) is 5.92 Å². The Morgan fingerprint density at radius 2 is 2.13 bits per heavy atom. The topological polar surface area (TPSA) is 70.2 Å². The predicted molar refractivity (Wildman–Crippen MR) is 54.7 cm³/mol. The molecule has 0 spiro atoms. The first-order valence-electron chi connectivity index (χ1n) is 4.48. The molecule has 0 saturated heterocycles. The SMILES string of the molecule is O=CC(C(=O)O)c1c[nH]c2ccccc12. The maximum absolute atomic E-state index is 10.8. The Balaban J connectivity index is 2.60. The van der Waals surface area contributed by atoms with Crippen molar-refractivity contribution < 1.29 is 14.7 Å². The number of aromatic nitrogens is 1. The number of aliphatic carboxylic acids is 1. The van der Waals surface area contributed by atoms with E-state index in [0.29, 0.717) is 11.8 Å². The summed E-state index contributed by atoms with van der Waals surface area (Å²) in [5, 5.41) is 9.63. The number of nitrogens with one attached hydrogen (secondary N) is 1. The first-order chi connectivity index (χ1) is 7.24. The van der Waals surface area contributed by atoms with E-state index in [4.69, 9.17) is 5.11 Å². The van der Waals surface area contributed by atoms with E-state index in [1.807, 2.05) is 18.2 Å². The third kappa shape index (κ3) is 1.50. The van der Waals surface area contributed by atoms with Crippen LogP contribution < -0.4 is 0 Å². The molecule has 2 rings (SSSR count). The first-order valence-corrected chi connectivity index (χ1v) is 4.48. The first kappa shape index (κ1) is 9.45. The number of carbonyl (C=O) groups is 2. The fourth-order valence-electron chi connectivity index (χ4n) is 1.62. The highest BCUT2D eigenvalue weighted by Gasteiger charge is 2.21. The molecule has 0 aliphatic rings. The van der Waals surface area contributed by atoms with E-state index >= 15 is 0 Å². The number of aldehydes is 1. The predicted octanol–water partition coefficient (Wildman–Crippen LogP) is 1.53. The molecule has 4 nitrogen and oxygen atoms in total. The highest BCUT2D eigenvalue weighted by atomic mass is 16.4. The second-order valence-corrected chi connectivity index (χ2v) is 3.24. The molecule has 1 heterocycles. The molecule has 2 aromatic rings. The number of hydrogen-bond acceptors (Lipinski definition) is 2. The molecule has 0 fully saturated rings. The molecule has 76 valence electrons. The third-order valence-electron chi connectivity index (χ3n) is 2.36. The van der Waals surface area contributed by atoms with Crippen molar-refractivity contribution in [2.75, 3.05) is 0 Å². The van der Waals surface area contributed by atoms with Gasteiger partial charge in [0, 0.05) is 17.1 Å². The van der Waals surface area contributed by atoms with Crippen LogP contribution >= 0.6 is 0 Å². The maximum Gasteiger partial charge on any atom is 0.318 e. The lowest BCUT2D eigenvalue weighted by atomic mass is 10.0. The second kappa shape index (κ2) is 3.57. The summed E-state index contributed by atoms with van der Waals surface area (Å²) in [5.74, 6) is -2.23. The van der Waals surface area contributed by atoms with Gasteiger partial charge in [-0.25, -0.2) is 0 Å². The Morgan fingerprint density at radius 1 is 1.40 bits per heavy atom. The Labute approximate surface area is 85.5 Å². The van der Waals surface area contributed by atoms with E-state index in [2.05, 4.69) is 4.98 Å². The number of carboxylic acids is 1. The van der Waals surface area contributed by atoms with E-state index in [0.717, 1.165) is 10.9 Å². The van der Waals surface area contributed by atoms with Crippen LogP contribution in [0.1, 0.15) is 11.5 Å². The molecular formula is C11H9NO3. The number of aromatic amines is 1. The van der Waals surface area contributed by atoms with Crippen molar-refractivity contribution in [3.8, 4) is 0 Å². The highest BCUT2D eigenvalue weighted by Crippen LogP contribution is 2.24. The van der Waals surface area contributed by atoms with E-state index in [1.54, 1.807) is 12.3 Å². The lowest BCUT2D eigenvalue weighted by Gasteiger charge is -2.02. The van der Waals surface area contributed by atoms with Crippen molar-refractivity contribution in [1.82, 2.24) is 4.98 Å². The van der Waals surface area contributed by atoms with Gasteiger partial charge in [-0.2, -0.15) is 0 Å². The summed E-state index contributed by atoms with van der Waals surface area (Å²) in [6, 6.07) is 7.28. The van der Waals surface area contributed by atoms with Gasteiger partial charge in [-0.1, -0.05) is 18.2 Å². The minimum atomic E-state index is -1.13. The average molecular weight is 203 g/mol. The average Bonchev–Trinajstić information content (AvgIpc) is 2.63. The zero-order chi connectivity index (χ0) is 10.8. The number of hydrogen-bond donors (Lipinski definition) is 2. The molecular weight excluding hydrogens is 194 g/mol. The number of para-hydroxylation sites is 1. The van der Waals surface area contributed by atoms with E-state index < -0.39 is 11.9 Å². The molecule has 0 saturated carbocycles. The maximum atomic E-state index is 10.8. The summed E-state index contributed by atoms with van der Waals surface area (Å²) in [4.78, 5) is 24.5. The van der Waals surface area contributed by atoms with E-state index in [-0.39, 0.29) is 0 Å². The summed E-state index contributed by atoms with van der Waals surface area (Å²) in [7, 11) is 0. The van der Waals surface area contributed by atoms with Crippen LogP contribution in [0.5, 0.6) is 0 Å². The lowest BCUT2D eigenvalue weighted by Crippen LogP contribution is -2.12. The Kier molecular flexibility index (Phi) is 2.25. The van der Waals surface area contributed by atoms with Crippen LogP contribution in [0.15, 0.2) is 30.5 Å². The molecule has 0 aliphatic carbocycles. The van der Waals surface area contributed by atoms with Crippen LogP contribution in [0.3, 0.4) is 0 Å². The van der Waals surface area contributed by atoms with Crippen molar-refractivity contribution >= 4 is 23.2 Å². The summed E-state index contributed by atoms with van der Waals surface area (Å²) in [5.41, 5.74) is 1.34. The fraction of sp³-hybridized carbons (Fsp3) is 0.0909. The zero-order valence-corrected chi connectivity index (χ0v) is 7.81. The fourth-order valence-corrected chi connectivity index (χ4v) is 1.62. The molecule has 15 heavy (non-hydrogen) atoms. The van der Waals surface area contributed by atoms with Crippen LogP contribution in [0.2, 0.25) is 0 Å². The normalized spacial score (nSPS) is 12.5. The Hall–Kier alpha value is -2.10. The Bertz CT molecular complexity index is 515. The molecule has 1 aromatic carbocycles. The van der Waals surface area contributed by atoms with Gasteiger partial charge >= 0.3 is 5.97 Å². The number of carboxylic acid groups (broad SMARTS) is 1. The van der Waals surface area contributed by atoms with Gasteiger partial charge in [0.2, 0.25) is 0 Å². The van der Waals surface area contributed by atoms with Crippen molar-refractivity contribution in [1.29, 1.82) is 0 Å². The summed E-state index contributed by atoms with van der Waals surface area (Å²) >= 11 is 0. The lowest BCUT2D eigenvalue weighted by molar-refractivity contribution is -0.140. The minimum Gasteiger partial charge on any atom is -0.480 e. The molecule has 4 heteroatoms. The Morgan fingerprint density at radius 3 is 2.80 bits per heavy atom. The molecule has 0 amide bonds. The van der Waals surface area contributed by atoms with E-state index in [9.17, 15) is 9.59 Å². The van der Waals surface area contributed by atoms with Crippen LogP contribution in [-0.4, -0.2) is 22.3 Å². The van der Waals surface area contributed by atoms with Crippen LogP contribution in [-0.2, 0) is 9.59 Å². The van der Waals surface area contributed by atoms with Gasteiger partial charge in [0.05, 0.1) is 0 Å². The minimum absolute atomic E-state index is 0.442. The number of carbonyl (C=O) groups excluding carboxylic acids is 1. The summed E-state index contributed by atoms with van der Waals surface area (Å²) in [6.45, 7) is 0. The largest absolute Gasteiger partial charge is 0.480 e. The summed E-state index contributed by atoms with van der Waals surface area (Å²) < 4.78 is 0. The molecule has 2 N–H and O–H groups in total. The number of rotatable bonds is 3. The van der Waals surface area contributed by atoms with Gasteiger partial charge in [0.15, 0.2) is 0 Å². The van der Waals surface area contributed by atoms with Crippen LogP contribution in [0.25, 0.3) is 10.9 Å². The molecule has 0 bridgehead atoms. The second-order valence-electron chi connectivity index (χ2n) is 3.24. The third-order valence-corrected chi connectivity index (χ3v) is 2.36. The quantitative estimate of drug-likeness (QED) is 0.587. The number of fused-ring (bicyclic) bond motifs is 1. The highest BCUT2D eigenvalue weighted by molar-refractivity contribution is 5.98. The van der Waals surface area contributed by atoms with Gasteiger partial charge in [-0.05, 0) is 11.6 Å². The molecule has 0 radical (unpaired) electrons.